The lowest BCUT2D eigenvalue weighted by Gasteiger charge is -2.26. The number of imidazole rings is 1. The molecule has 0 amide bonds. The van der Waals surface area contributed by atoms with Gasteiger partial charge in [0.2, 0.25) is 0 Å². The van der Waals surface area contributed by atoms with Crippen molar-refractivity contribution in [2.75, 3.05) is 20.3 Å². The van der Waals surface area contributed by atoms with Crippen LogP contribution in [0.4, 0.5) is 0 Å². The van der Waals surface area contributed by atoms with Crippen molar-refractivity contribution < 1.29 is 4.74 Å². The Kier molecular flexibility index (Phi) is 4.31. The molecule has 0 bridgehead atoms. The molecule has 19 heavy (non-hydrogen) atoms. The number of nitrogens with one attached hydrogen (secondary N) is 1. The molecule has 2 heterocycles. The van der Waals surface area contributed by atoms with Crippen molar-refractivity contribution in [3.63, 3.8) is 0 Å². The summed E-state index contributed by atoms with van der Waals surface area (Å²) in [5.74, 6) is 1.21. The number of hydrogen-bond donors (Lipinski definition) is 1. The first-order valence-electron chi connectivity index (χ1n) is 7.25. The lowest BCUT2D eigenvalue weighted by atomic mass is 9.95. The highest BCUT2D eigenvalue weighted by molar-refractivity contribution is 5.24. The molecule has 108 valence electrons. The summed E-state index contributed by atoms with van der Waals surface area (Å²) in [5, 5.41) is 3.41. The van der Waals surface area contributed by atoms with Gasteiger partial charge in [0, 0.05) is 50.4 Å². The van der Waals surface area contributed by atoms with E-state index in [9.17, 15) is 0 Å². The fourth-order valence-electron chi connectivity index (χ4n) is 2.75. The second-order valence-electron chi connectivity index (χ2n) is 6.51. The Labute approximate surface area is 116 Å². The molecule has 1 unspecified atom stereocenters. The maximum atomic E-state index is 5.23. The Morgan fingerprint density at radius 2 is 2.16 bits per heavy atom. The summed E-state index contributed by atoms with van der Waals surface area (Å²) in [6.45, 7) is 11.8. The Bertz CT molecular complexity index is 431. The zero-order chi connectivity index (χ0) is 14.0. The lowest BCUT2D eigenvalue weighted by Crippen LogP contribution is -2.27. The van der Waals surface area contributed by atoms with E-state index in [0.717, 1.165) is 32.5 Å². The molecule has 1 aromatic heterocycles. The highest BCUT2D eigenvalue weighted by Gasteiger charge is 2.28. The van der Waals surface area contributed by atoms with E-state index >= 15 is 0 Å². The molecule has 1 aliphatic rings. The molecule has 1 aliphatic heterocycles. The van der Waals surface area contributed by atoms with Crippen LogP contribution in [-0.4, -0.2) is 29.8 Å². The van der Waals surface area contributed by atoms with Crippen molar-refractivity contribution in [3.05, 3.63) is 17.2 Å². The topological polar surface area (TPSA) is 39.1 Å². The molecule has 0 spiro atoms. The summed E-state index contributed by atoms with van der Waals surface area (Å²) in [6, 6.07) is 0.448. The van der Waals surface area contributed by atoms with E-state index in [-0.39, 0.29) is 5.41 Å². The van der Waals surface area contributed by atoms with Gasteiger partial charge in [-0.3, -0.25) is 0 Å². The average Bonchev–Trinajstić information content (AvgIpc) is 2.75. The smallest absolute Gasteiger partial charge is 0.114 e. The van der Waals surface area contributed by atoms with Crippen LogP contribution in [0.25, 0.3) is 0 Å². The quantitative estimate of drug-likeness (QED) is 0.908. The van der Waals surface area contributed by atoms with Crippen LogP contribution < -0.4 is 5.32 Å². The van der Waals surface area contributed by atoms with Crippen LogP contribution in [-0.2, 0) is 23.1 Å². The summed E-state index contributed by atoms with van der Waals surface area (Å²) < 4.78 is 7.70. The monoisotopic (exact) mass is 265 g/mol. The first-order valence-corrected chi connectivity index (χ1v) is 7.25. The van der Waals surface area contributed by atoms with Gasteiger partial charge < -0.3 is 14.6 Å². The zero-order valence-corrected chi connectivity index (χ0v) is 12.9. The molecule has 0 saturated heterocycles. The van der Waals surface area contributed by atoms with Crippen LogP contribution in [0.3, 0.4) is 0 Å². The van der Waals surface area contributed by atoms with Gasteiger partial charge in [-0.15, -0.1) is 0 Å². The van der Waals surface area contributed by atoms with Crippen molar-refractivity contribution in [3.8, 4) is 0 Å². The molecule has 1 N–H and O–H groups in total. The average molecular weight is 265 g/mol. The van der Waals surface area contributed by atoms with E-state index in [1.165, 1.54) is 17.2 Å². The van der Waals surface area contributed by atoms with Crippen molar-refractivity contribution in [1.29, 1.82) is 0 Å². The number of hydrogen-bond acceptors (Lipinski definition) is 3. The Morgan fingerprint density at radius 1 is 1.42 bits per heavy atom. The normalized spacial score (nSPS) is 17.3. The maximum absolute atomic E-state index is 5.23. The van der Waals surface area contributed by atoms with E-state index in [4.69, 9.17) is 9.72 Å². The fourth-order valence-corrected chi connectivity index (χ4v) is 2.75. The SMILES string of the molecule is COCCC(C)n1c(C(C)(C)C)nc2c1CCNC2. The summed E-state index contributed by atoms with van der Waals surface area (Å²) in [7, 11) is 1.77. The molecule has 1 aromatic rings. The van der Waals surface area contributed by atoms with Gasteiger partial charge in [-0.25, -0.2) is 4.98 Å². The number of rotatable bonds is 4. The van der Waals surface area contributed by atoms with E-state index in [0.29, 0.717) is 6.04 Å². The van der Waals surface area contributed by atoms with E-state index in [1.807, 2.05) is 0 Å². The summed E-state index contributed by atoms with van der Waals surface area (Å²) in [4.78, 5) is 4.91. The minimum Gasteiger partial charge on any atom is -0.385 e. The molecule has 0 radical (unpaired) electrons. The summed E-state index contributed by atoms with van der Waals surface area (Å²) in [5.41, 5.74) is 2.74. The van der Waals surface area contributed by atoms with Gasteiger partial charge in [0.05, 0.1) is 5.69 Å². The number of nitrogens with zero attached hydrogens (tertiary/aromatic N) is 2. The van der Waals surface area contributed by atoms with Crippen LogP contribution in [0.1, 0.15) is 57.4 Å². The van der Waals surface area contributed by atoms with Crippen LogP contribution >= 0.6 is 0 Å². The first kappa shape index (κ1) is 14.5. The summed E-state index contributed by atoms with van der Waals surface area (Å²) in [6.07, 6.45) is 2.12. The van der Waals surface area contributed by atoms with Crippen molar-refractivity contribution in [2.24, 2.45) is 0 Å². The number of methoxy groups -OCH3 is 1. The second kappa shape index (κ2) is 5.63. The number of fused-ring (bicyclic) bond motifs is 1. The minimum absolute atomic E-state index is 0.0820. The van der Waals surface area contributed by atoms with Crippen LogP contribution in [0, 0.1) is 0 Å². The molecule has 4 heteroatoms. The standard InChI is InChI=1S/C15H27N3O/c1-11(7-9-19-5)18-13-6-8-16-10-12(13)17-14(18)15(2,3)4/h11,16H,6-10H2,1-5H3. The Hall–Kier alpha value is -0.870. The van der Waals surface area contributed by atoms with Gasteiger partial charge in [0.25, 0.3) is 0 Å². The molecular weight excluding hydrogens is 238 g/mol. The van der Waals surface area contributed by atoms with E-state index < -0.39 is 0 Å². The van der Waals surface area contributed by atoms with Crippen molar-refractivity contribution in [1.82, 2.24) is 14.9 Å². The van der Waals surface area contributed by atoms with Gasteiger partial charge in [-0.1, -0.05) is 20.8 Å². The lowest BCUT2D eigenvalue weighted by molar-refractivity contribution is 0.179. The molecule has 4 nitrogen and oxygen atoms in total. The largest absolute Gasteiger partial charge is 0.385 e. The molecule has 0 aliphatic carbocycles. The van der Waals surface area contributed by atoms with Gasteiger partial charge in [0.15, 0.2) is 0 Å². The van der Waals surface area contributed by atoms with Crippen molar-refractivity contribution >= 4 is 0 Å². The third kappa shape index (κ3) is 3.00. The van der Waals surface area contributed by atoms with E-state index in [2.05, 4.69) is 37.6 Å². The molecule has 1 atom stereocenters. The summed E-state index contributed by atoms with van der Waals surface area (Å²) >= 11 is 0. The number of ether oxygens (including phenoxy) is 1. The van der Waals surface area contributed by atoms with Gasteiger partial charge in [-0.05, 0) is 13.3 Å². The van der Waals surface area contributed by atoms with Crippen LogP contribution in [0.15, 0.2) is 0 Å². The van der Waals surface area contributed by atoms with Gasteiger partial charge in [0.1, 0.15) is 5.82 Å². The molecule has 0 saturated carbocycles. The molecule has 0 fully saturated rings. The van der Waals surface area contributed by atoms with E-state index in [1.54, 1.807) is 7.11 Å². The fraction of sp³-hybridized carbons (Fsp3) is 0.800. The predicted octanol–water partition coefficient (Wildman–Crippen LogP) is 2.42. The van der Waals surface area contributed by atoms with Gasteiger partial charge >= 0.3 is 0 Å². The number of aromatic nitrogens is 2. The Balaban J connectivity index is 2.40. The third-order valence-corrected chi connectivity index (χ3v) is 3.78. The zero-order valence-electron chi connectivity index (χ0n) is 12.9. The van der Waals surface area contributed by atoms with Crippen molar-refractivity contribution in [2.45, 2.75) is 58.5 Å². The second-order valence-corrected chi connectivity index (χ2v) is 6.51. The van der Waals surface area contributed by atoms with Gasteiger partial charge in [-0.2, -0.15) is 0 Å². The highest BCUT2D eigenvalue weighted by Crippen LogP contribution is 2.30. The molecule has 2 rings (SSSR count). The highest BCUT2D eigenvalue weighted by atomic mass is 16.5. The molecule has 0 aromatic carbocycles. The predicted molar refractivity (Wildman–Crippen MR) is 77.5 cm³/mol. The minimum atomic E-state index is 0.0820. The maximum Gasteiger partial charge on any atom is 0.114 e. The Morgan fingerprint density at radius 3 is 2.79 bits per heavy atom. The third-order valence-electron chi connectivity index (χ3n) is 3.78. The molecular formula is C15H27N3O. The van der Waals surface area contributed by atoms with Crippen LogP contribution in [0.5, 0.6) is 0 Å². The first-order chi connectivity index (χ1) is 8.95. The van der Waals surface area contributed by atoms with Crippen LogP contribution in [0.2, 0.25) is 0 Å².